The maximum atomic E-state index is 13.6. The first kappa shape index (κ1) is 15.5. The van der Waals surface area contributed by atoms with Gasteiger partial charge in [0.25, 0.3) is 0 Å². The summed E-state index contributed by atoms with van der Waals surface area (Å²) in [7, 11) is 5.41. The third kappa shape index (κ3) is 3.08. The van der Waals surface area contributed by atoms with E-state index in [9.17, 15) is 4.39 Å². The molecule has 114 valence electrons. The molecule has 21 heavy (non-hydrogen) atoms. The molecule has 5 heteroatoms. The lowest BCUT2D eigenvalue weighted by molar-refractivity contribution is 0.399. The summed E-state index contributed by atoms with van der Waals surface area (Å²) in [6.07, 6.45) is 0.738. The highest BCUT2D eigenvalue weighted by Gasteiger charge is 2.20. The number of nitrogens with one attached hydrogen (secondary N) is 1. The van der Waals surface area contributed by atoms with Gasteiger partial charge in [0.1, 0.15) is 11.6 Å². The first-order valence-electron chi connectivity index (χ1n) is 6.97. The second-order valence-corrected chi connectivity index (χ2v) is 5.20. The summed E-state index contributed by atoms with van der Waals surface area (Å²) < 4.78 is 20.8. The minimum absolute atomic E-state index is 0.0303. The normalized spacial score (nSPS) is 12.5. The fraction of sp³-hybridized carbons (Fsp3) is 0.438. The molecule has 2 aromatic rings. The molecule has 0 aliphatic rings. The molecular formula is C16H22FN3O. The molecule has 0 spiro atoms. The van der Waals surface area contributed by atoms with E-state index in [1.54, 1.807) is 13.2 Å². The number of methoxy groups -OCH3 is 1. The van der Waals surface area contributed by atoms with Gasteiger partial charge in [0.05, 0.1) is 12.8 Å². The van der Waals surface area contributed by atoms with Gasteiger partial charge in [-0.3, -0.25) is 4.68 Å². The Kier molecular flexibility index (Phi) is 4.63. The summed E-state index contributed by atoms with van der Waals surface area (Å²) >= 11 is 0. The Bertz CT molecular complexity index is 637. The van der Waals surface area contributed by atoms with Gasteiger partial charge in [0, 0.05) is 24.3 Å². The number of rotatable bonds is 5. The van der Waals surface area contributed by atoms with Crippen molar-refractivity contribution in [3.05, 3.63) is 46.5 Å². The zero-order valence-electron chi connectivity index (χ0n) is 13.2. The molecule has 1 aromatic carbocycles. The highest BCUT2D eigenvalue weighted by Crippen LogP contribution is 2.29. The van der Waals surface area contributed by atoms with Crippen LogP contribution in [0.1, 0.15) is 28.6 Å². The Balaban J connectivity index is 2.38. The molecule has 1 atom stereocenters. The minimum Gasteiger partial charge on any atom is -0.496 e. The minimum atomic E-state index is -0.259. The molecule has 2 rings (SSSR count). The highest BCUT2D eigenvalue weighted by atomic mass is 19.1. The van der Waals surface area contributed by atoms with E-state index in [2.05, 4.69) is 10.4 Å². The molecule has 1 aromatic heterocycles. The van der Waals surface area contributed by atoms with E-state index >= 15 is 0 Å². The van der Waals surface area contributed by atoms with Crippen LogP contribution in [0.4, 0.5) is 4.39 Å². The van der Waals surface area contributed by atoms with Gasteiger partial charge in [-0.15, -0.1) is 0 Å². The Labute approximate surface area is 124 Å². The van der Waals surface area contributed by atoms with Crippen molar-refractivity contribution >= 4 is 0 Å². The van der Waals surface area contributed by atoms with Crippen molar-refractivity contribution in [2.75, 3.05) is 14.2 Å². The number of nitrogens with zero attached hydrogens (tertiary/aromatic N) is 2. The summed E-state index contributed by atoms with van der Waals surface area (Å²) in [5.41, 5.74) is 4.14. The number of likely N-dealkylation sites (N-methyl/N-ethyl adjacent to an activating group) is 1. The Morgan fingerprint density at radius 3 is 2.62 bits per heavy atom. The van der Waals surface area contributed by atoms with Crippen LogP contribution in [0.15, 0.2) is 18.2 Å². The predicted octanol–water partition coefficient (Wildman–Crippen LogP) is 2.69. The van der Waals surface area contributed by atoms with Crippen molar-refractivity contribution in [2.24, 2.45) is 7.05 Å². The lowest BCUT2D eigenvalue weighted by atomic mass is 9.97. The van der Waals surface area contributed by atoms with Gasteiger partial charge in [-0.2, -0.15) is 5.10 Å². The Morgan fingerprint density at radius 2 is 2.10 bits per heavy atom. The van der Waals surface area contributed by atoms with Gasteiger partial charge in [-0.1, -0.05) is 0 Å². The van der Waals surface area contributed by atoms with Gasteiger partial charge in [-0.25, -0.2) is 4.39 Å². The fourth-order valence-corrected chi connectivity index (χ4v) is 2.66. The quantitative estimate of drug-likeness (QED) is 0.920. The average molecular weight is 291 g/mol. The van der Waals surface area contributed by atoms with Crippen LogP contribution >= 0.6 is 0 Å². The fourth-order valence-electron chi connectivity index (χ4n) is 2.66. The summed E-state index contributed by atoms with van der Waals surface area (Å²) in [5, 5.41) is 7.68. The van der Waals surface area contributed by atoms with Crippen molar-refractivity contribution in [3.63, 3.8) is 0 Å². The van der Waals surface area contributed by atoms with E-state index in [0.29, 0.717) is 5.75 Å². The summed E-state index contributed by atoms with van der Waals surface area (Å²) in [4.78, 5) is 0. The van der Waals surface area contributed by atoms with Gasteiger partial charge in [0.15, 0.2) is 0 Å². The zero-order chi connectivity index (χ0) is 15.6. The molecule has 0 fully saturated rings. The summed E-state index contributed by atoms with van der Waals surface area (Å²) in [5.74, 6) is 0.431. The van der Waals surface area contributed by atoms with E-state index in [4.69, 9.17) is 4.74 Å². The van der Waals surface area contributed by atoms with Crippen molar-refractivity contribution in [1.29, 1.82) is 0 Å². The second kappa shape index (κ2) is 6.26. The Hall–Kier alpha value is -1.88. The highest BCUT2D eigenvalue weighted by molar-refractivity contribution is 5.38. The van der Waals surface area contributed by atoms with E-state index in [-0.39, 0.29) is 11.9 Å². The zero-order valence-corrected chi connectivity index (χ0v) is 13.2. The predicted molar refractivity (Wildman–Crippen MR) is 81.1 cm³/mol. The van der Waals surface area contributed by atoms with E-state index in [1.807, 2.05) is 32.6 Å². The number of hydrogen-bond donors (Lipinski definition) is 1. The van der Waals surface area contributed by atoms with Crippen LogP contribution in [-0.2, 0) is 13.5 Å². The summed E-state index contributed by atoms with van der Waals surface area (Å²) in [6, 6.07) is 4.58. The molecule has 0 saturated carbocycles. The maximum absolute atomic E-state index is 13.6. The van der Waals surface area contributed by atoms with Gasteiger partial charge < -0.3 is 10.1 Å². The van der Waals surface area contributed by atoms with E-state index in [1.165, 1.54) is 17.7 Å². The third-order valence-corrected chi connectivity index (χ3v) is 3.98. The number of benzene rings is 1. The number of hydrogen-bond acceptors (Lipinski definition) is 3. The van der Waals surface area contributed by atoms with Crippen LogP contribution in [0.25, 0.3) is 0 Å². The standard InChI is InChI=1S/C16H22FN3O/c1-10-13(11(2)20(4)19-10)9-15(18-3)14-8-12(17)6-7-16(14)21-5/h6-8,15,18H,9H2,1-5H3. The first-order valence-corrected chi connectivity index (χ1v) is 6.97. The molecule has 0 bridgehead atoms. The lowest BCUT2D eigenvalue weighted by Gasteiger charge is -2.20. The molecule has 1 unspecified atom stereocenters. The average Bonchev–Trinajstić information content (AvgIpc) is 2.70. The van der Waals surface area contributed by atoms with Crippen LogP contribution in [0.5, 0.6) is 5.75 Å². The van der Waals surface area contributed by atoms with Crippen molar-refractivity contribution in [2.45, 2.75) is 26.3 Å². The largest absolute Gasteiger partial charge is 0.496 e. The van der Waals surface area contributed by atoms with Crippen molar-refractivity contribution in [1.82, 2.24) is 15.1 Å². The van der Waals surface area contributed by atoms with Crippen molar-refractivity contribution in [3.8, 4) is 5.75 Å². The summed E-state index contributed by atoms with van der Waals surface area (Å²) in [6.45, 7) is 4.04. The van der Waals surface area contributed by atoms with Crippen LogP contribution in [-0.4, -0.2) is 23.9 Å². The maximum Gasteiger partial charge on any atom is 0.123 e. The molecule has 1 N–H and O–H groups in total. The number of ether oxygens (including phenoxy) is 1. The Morgan fingerprint density at radius 1 is 1.38 bits per heavy atom. The van der Waals surface area contributed by atoms with Gasteiger partial charge >= 0.3 is 0 Å². The van der Waals surface area contributed by atoms with E-state index in [0.717, 1.165) is 23.4 Å². The first-order chi connectivity index (χ1) is 9.97. The molecule has 0 amide bonds. The van der Waals surface area contributed by atoms with Crippen LogP contribution in [0.2, 0.25) is 0 Å². The topological polar surface area (TPSA) is 39.1 Å². The molecule has 0 saturated heterocycles. The van der Waals surface area contributed by atoms with Crippen LogP contribution < -0.4 is 10.1 Å². The molecule has 0 aliphatic carbocycles. The van der Waals surface area contributed by atoms with Crippen LogP contribution in [0.3, 0.4) is 0 Å². The van der Waals surface area contributed by atoms with Gasteiger partial charge in [-0.05, 0) is 51.1 Å². The molecule has 0 aliphatic heterocycles. The molecule has 4 nitrogen and oxygen atoms in total. The second-order valence-electron chi connectivity index (χ2n) is 5.20. The SMILES string of the molecule is CNC(Cc1c(C)nn(C)c1C)c1cc(F)ccc1OC. The molecule has 1 heterocycles. The number of halogens is 1. The third-order valence-electron chi connectivity index (χ3n) is 3.98. The lowest BCUT2D eigenvalue weighted by Crippen LogP contribution is -2.20. The number of aryl methyl sites for hydroxylation is 2. The van der Waals surface area contributed by atoms with Gasteiger partial charge in [0.2, 0.25) is 0 Å². The molecular weight excluding hydrogens is 269 g/mol. The van der Waals surface area contributed by atoms with E-state index < -0.39 is 0 Å². The number of aromatic nitrogens is 2. The van der Waals surface area contributed by atoms with Crippen molar-refractivity contribution < 1.29 is 9.13 Å². The van der Waals surface area contributed by atoms with Crippen LogP contribution in [0, 0.1) is 19.7 Å². The smallest absolute Gasteiger partial charge is 0.123 e. The molecule has 0 radical (unpaired) electrons. The monoisotopic (exact) mass is 291 g/mol.